The third-order valence-electron chi connectivity index (χ3n) is 4.43. The summed E-state index contributed by atoms with van der Waals surface area (Å²) >= 11 is 0. The minimum absolute atomic E-state index is 0.0788. The van der Waals surface area contributed by atoms with Gasteiger partial charge < -0.3 is 15.8 Å². The number of hydrogen-bond donors (Lipinski definition) is 2. The molecule has 0 saturated heterocycles. The van der Waals surface area contributed by atoms with Crippen LogP contribution in [0.2, 0.25) is 0 Å². The van der Waals surface area contributed by atoms with Crippen molar-refractivity contribution in [2.45, 2.75) is 37.5 Å². The summed E-state index contributed by atoms with van der Waals surface area (Å²) in [5, 5.41) is 2.88. The predicted octanol–water partition coefficient (Wildman–Crippen LogP) is 2.18. The number of nitrogens with two attached hydrogens (primary N) is 1. The predicted molar refractivity (Wildman–Crippen MR) is 74.4 cm³/mol. The largest absolute Gasteiger partial charge is 0.482 e. The quantitative estimate of drug-likeness (QED) is 0.856. The number of rotatable bonds is 2. The maximum atomic E-state index is 11.4. The molecule has 4 nitrogen and oxygen atoms in total. The van der Waals surface area contributed by atoms with Gasteiger partial charge in [0, 0.05) is 12.0 Å². The molecule has 1 fully saturated rings. The van der Waals surface area contributed by atoms with Crippen LogP contribution in [0.4, 0.5) is 5.69 Å². The minimum atomic E-state index is -0.0879. The van der Waals surface area contributed by atoms with Crippen LogP contribution in [-0.4, -0.2) is 19.1 Å². The van der Waals surface area contributed by atoms with Gasteiger partial charge in [-0.25, -0.2) is 0 Å². The van der Waals surface area contributed by atoms with Gasteiger partial charge in [-0.05, 0) is 30.5 Å². The Kier molecular flexibility index (Phi) is 3.19. The molecule has 0 unspecified atom stereocenters. The van der Waals surface area contributed by atoms with E-state index in [4.69, 9.17) is 10.5 Å². The molecule has 1 aliphatic heterocycles. The molecule has 0 spiro atoms. The van der Waals surface area contributed by atoms with Gasteiger partial charge in [-0.15, -0.1) is 0 Å². The Morgan fingerprint density at radius 3 is 2.79 bits per heavy atom. The summed E-state index contributed by atoms with van der Waals surface area (Å²) in [5.74, 6) is 0.668. The van der Waals surface area contributed by atoms with Crippen LogP contribution in [0, 0.1) is 0 Å². The van der Waals surface area contributed by atoms with E-state index in [-0.39, 0.29) is 17.9 Å². The fraction of sp³-hybridized carbons (Fsp3) is 0.533. The number of benzene rings is 1. The number of ether oxygens (including phenoxy) is 1. The number of nitrogens with one attached hydrogen (secondary N) is 1. The summed E-state index contributed by atoms with van der Waals surface area (Å²) in [6.07, 6.45) is 6.04. The second kappa shape index (κ2) is 4.85. The van der Waals surface area contributed by atoms with E-state index >= 15 is 0 Å². The lowest BCUT2D eigenvalue weighted by atomic mass is 9.69. The average Bonchev–Trinajstić information content (AvgIpc) is 2.47. The number of amides is 1. The maximum absolute atomic E-state index is 11.4. The van der Waals surface area contributed by atoms with Crippen molar-refractivity contribution in [1.29, 1.82) is 0 Å². The molecule has 19 heavy (non-hydrogen) atoms. The van der Waals surface area contributed by atoms with Crippen LogP contribution >= 0.6 is 0 Å². The highest BCUT2D eigenvalue weighted by Crippen LogP contribution is 2.41. The fourth-order valence-electron chi connectivity index (χ4n) is 3.25. The van der Waals surface area contributed by atoms with Crippen LogP contribution in [0.1, 0.15) is 37.7 Å². The highest BCUT2D eigenvalue weighted by Gasteiger charge is 2.33. The van der Waals surface area contributed by atoms with E-state index in [1.807, 2.05) is 12.1 Å². The molecule has 0 radical (unpaired) electrons. The molecule has 0 bridgehead atoms. The normalized spacial score (nSPS) is 21.2. The van der Waals surface area contributed by atoms with Crippen molar-refractivity contribution in [2.24, 2.45) is 5.73 Å². The number of fused-ring (bicyclic) bond motifs is 1. The van der Waals surface area contributed by atoms with Crippen LogP contribution in [0.3, 0.4) is 0 Å². The summed E-state index contributed by atoms with van der Waals surface area (Å²) in [6.45, 7) is 0.773. The highest BCUT2D eigenvalue weighted by atomic mass is 16.5. The lowest BCUT2D eigenvalue weighted by Gasteiger charge is -2.37. The van der Waals surface area contributed by atoms with E-state index in [9.17, 15) is 4.79 Å². The van der Waals surface area contributed by atoms with Crippen molar-refractivity contribution >= 4 is 11.6 Å². The molecular weight excluding hydrogens is 240 g/mol. The zero-order valence-electron chi connectivity index (χ0n) is 11.1. The van der Waals surface area contributed by atoms with E-state index in [1.54, 1.807) is 0 Å². The molecule has 1 aliphatic carbocycles. The topological polar surface area (TPSA) is 64.3 Å². The lowest BCUT2D eigenvalue weighted by molar-refractivity contribution is -0.118. The smallest absolute Gasteiger partial charge is 0.262 e. The molecule has 3 N–H and O–H groups in total. The Morgan fingerprint density at radius 2 is 2.05 bits per heavy atom. The molecular formula is C15H20N2O2. The van der Waals surface area contributed by atoms with E-state index < -0.39 is 0 Å². The van der Waals surface area contributed by atoms with E-state index in [0.29, 0.717) is 6.54 Å². The molecule has 0 atom stereocenters. The molecule has 1 heterocycles. The van der Waals surface area contributed by atoms with E-state index in [0.717, 1.165) is 24.3 Å². The Morgan fingerprint density at radius 1 is 1.26 bits per heavy atom. The summed E-state index contributed by atoms with van der Waals surface area (Å²) < 4.78 is 5.40. The molecule has 3 rings (SSSR count). The van der Waals surface area contributed by atoms with Gasteiger partial charge in [0.2, 0.25) is 0 Å². The second-order valence-electron chi connectivity index (χ2n) is 5.59. The average molecular weight is 260 g/mol. The van der Waals surface area contributed by atoms with Crippen molar-refractivity contribution in [3.05, 3.63) is 23.8 Å². The molecule has 1 saturated carbocycles. The Bertz CT molecular complexity index is 493. The van der Waals surface area contributed by atoms with Gasteiger partial charge in [0.1, 0.15) is 5.75 Å². The molecule has 1 aromatic carbocycles. The van der Waals surface area contributed by atoms with Crippen molar-refractivity contribution in [3.63, 3.8) is 0 Å². The van der Waals surface area contributed by atoms with Crippen molar-refractivity contribution in [3.8, 4) is 5.75 Å². The molecule has 1 amide bonds. The molecule has 0 aromatic heterocycles. The van der Waals surface area contributed by atoms with Crippen LogP contribution in [0.15, 0.2) is 18.2 Å². The van der Waals surface area contributed by atoms with E-state index in [1.165, 1.54) is 24.8 Å². The molecule has 4 heteroatoms. The van der Waals surface area contributed by atoms with Gasteiger partial charge in [-0.1, -0.05) is 25.3 Å². The van der Waals surface area contributed by atoms with Gasteiger partial charge in [-0.3, -0.25) is 4.79 Å². The van der Waals surface area contributed by atoms with E-state index in [2.05, 4.69) is 11.4 Å². The Hall–Kier alpha value is -1.55. The summed E-state index contributed by atoms with van der Waals surface area (Å²) in [5.41, 5.74) is 8.15. The summed E-state index contributed by atoms with van der Waals surface area (Å²) in [6, 6.07) is 6.11. The van der Waals surface area contributed by atoms with Crippen LogP contribution < -0.4 is 15.8 Å². The first kappa shape index (κ1) is 12.5. The number of carbonyl (C=O) groups excluding carboxylic acids is 1. The second-order valence-corrected chi connectivity index (χ2v) is 5.59. The lowest BCUT2D eigenvalue weighted by Crippen LogP contribution is -2.37. The first-order chi connectivity index (χ1) is 9.23. The number of carbonyl (C=O) groups is 1. The van der Waals surface area contributed by atoms with Gasteiger partial charge in [0.15, 0.2) is 6.61 Å². The van der Waals surface area contributed by atoms with Crippen LogP contribution in [0.25, 0.3) is 0 Å². The first-order valence-electron chi connectivity index (χ1n) is 7.01. The maximum Gasteiger partial charge on any atom is 0.262 e. The number of anilines is 1. The Labute approximate surface area is 113 Å². The third-order valence-corrected chi connectivity index (χ3v) is 4.43. The molecule has 1 aromatic rings. The zero-order valence-corrected chi connectivity index (χ0v) is 11.1. The van der Waals surface area contributed by atoms with Gasteiger partial charge in [0.05, 0.1) is 5.69 Å². The highest BCUT2D eigenvalue weighted by molar-refractivity contribution is 5.95. The molecule has 2 aliphatic rings. The SMILES string of the molecule is NCC1(c2ccc3c(c2)NC(=O)CO3)CCCCC1. The molecule has 102 valence electrons. The van der Waals surface area contributed by atoms with Crippen LogP contribution in [0.5, 0.6) is 5.75 Å². The summed E-state index contributed by atoms with van der Waals surface area (Å²) in [7, 11) is 0. The van der Waals surface area contributed by atoms with Gasteiger partial charge in [-0.2, -0.15) is 0 Å². The number of hydrogen-bond acceptors (Lipinski definition) is 3. The monoisotopic (exact) mass is 260 g/mol. The zero-order chi connectivity index (χ0) is 13.3. The van der Waals surface area contributed by atoms with Gasteiger partial charge in [0.25, 0.3) is 5.91 Å². The van der Waals surface area contributed by atoms with Crippen molar-refractivity contribution < 1.29 is 9.53 Å². The van der Waals surface area contributed by atoms with Gasteiger partial charge >= 0.3 is 0 Å². The Balaban J connectivity index is 1.96. The first-order valence-corrected chi connectivity index (χ1v) is 7.01. The minimum Gasteiger partial charge on any atom is -0.482 e. The third kappa shape index (κ3) is 2.21. The van der Waals surface area contributed by atoms with Crippen molar-refractivity contribution in [1.82, 2.24) is 0 Å². The standard InChI is InChI=1S/C15H20N2O2/c16-10-15(6-2-1-3-7-15)11-4-5-13-12(8-11)17-14(18)9-19-13/h4-5,8H,1-3,6-7,9-10,16H2,(H,17,18). The van der Waals surface area contributed by atoms with Crippen LogP contribution in [-0.2, 0) is 10.2 Å². The van der Waals surface area contributed by atoms with Crippen molar-refractivity contribution in [2.75, 3.05) is 18.5 Å². The summed E-state index contributed by atoms with van der Waals surface area (Å²) in [4.78, 5) is 11.4. The fourth-order valence-corrected chi connectivity index (χ4v) is 3.25.